The number of hydrogen-bond acceptors (Lipinski definition) is 4. The number of fused-ring (bicyclic) bond motifs is 1. The van der Waals surface area contributed by atoms with Crippen LogP contribution in [0.4, 0.5) is 0 Å². The number of hydrogen-bond donors (Lipinski definition) is 2. The maximum Gasteiger partial charge on any atom is 0.295 e. The van der Waals surface area contributed by atoms with Gasteiger partial charge in [-0.3, -0.25) is 9.11 Å². The van der Waals surface area contributed by atoms with Crippen LogP contribution in [0.2, 0.25) is 0 Å². The molecule has 3 aromatic rings. The van der Waals surface area contributed by atoms with E-state index >= 15 is 0 Å². The molecule has 0 radical (unpaired) electrons. The van der Waals surface area contributed by atoms with E-state index in [2.05, 4.69) is 0 Å². The standard InChI is InChI=1S/C10H8O3S.C7H8O3S/c11-14(12,13)10-7-3-5-8-4-1-2-6-9(8)10;1-6-4-2-3-5-7(6)11(8,9)10/h1-7H,(H,11,12,13);2-5H,1H3,(H,8,9,10). The van der Waals surface area contributed by atoms with Gasteiger partial charge in [-0.05, 0) is 30.0 Å². The molecule has 0 aliphatic heterocycles. The lowest BCUT2D eigenvalue weighted by atomic mass is 10.1. The molecule has 0 aromatic heterocycles. The van der Waals surface area contributed by atoms with Crippen molar-refractivity contribution in [3.8, 4) is 0 Å². The van der Waals surface area contributed by atoms with Gasteiger partial charge >= 0.3 is 0 Å². The lowest BCUT2D eigenvalue weighted by Crippen LogP contribution is -1.99. The second-order valence-electron chi connectivity index (χ2n) is 5.19. The minimum atomic E-state index is -4.13. The third-order valence-electron chi connectivity index (χ3n) is 3.40. The van der Waals surface area contributed by atoms with E-state index in [1.54, 1.807) is 55.5 Å². The monoisotopic (exact) mass is 380 g/mol. The zero-order valence-electron chi connectivity index (χ0n) is 13.2. The minimum Gasteiger partial charge on any atom is -0.282 e. The van der Waals surface area contributed by atoms with Crippen molar-refractivity contribution in [3.63, 3.8) is 0 Å². The van der Waals surface area contributed by atoms with Gasteiger partial charge in [0.05, 0.1) is 4.90 Å². The molecule has 8 heteroatoms. The molecule has 3 aromatic carbocycles. The molecule has 0 heterocycles. The molecule has 0 saturated heterocycles. The second kappa shape index (κ2) is 7.32. The molecule has 0 fully saturated rings. The Kier molecular flexibility index (Phi) is 5.58. The van der Waals surface area contributed by atoms with Crippen molar-refractivity contribution < 1.29 is 25.9 Å². The van der Waals surface area contributed by atoms with Crippen LogP contribution in [-0.2, 0) is 20.2 Å². The smallest absolute Gasteiger partial charge is 0.282 e. The fourth-order valence-electron chi connectivity index (χ4n) is 2.27. The van der Waals surface area contributed by atoms with Crippen LogP contribution in [0.25, 0.3) is 10.8 Å². The van der Waals surface area contributed by atoms with E-state index < -0.39 is 20.2 Å². The van der Waals surface area contributed by atoms with Crippen LogP contribution < -0.4 is 0 Å². The summed E-state index contributed by atoms with van der Waals surface area (Å²) in [7, 11) is -8.16. The summed E-state index contributed by atoms with van der Waals surface area (Å²) in [5.74, 6) is 0. The van der Waals surface area contributed by atoms with Gasteiger partial charge in [-0.15, -0.1) is 0 Å². The Hall–Kier alpha value is -2.26. The summed E-state index contributed by atoms with van der Waals surface area (Å²) in [6.45, 7) is 1.63. The van der Waals surface area contributed by atoms with Crippen LogP contribution >= 0.6 is 0 Å². The van der Waals surface area contributed by atoms with Crippen LogP contribution in [0.1, 0.15) is 5.56 Å². The number of benzene rings is 3. The molecule has 0 aliphatic rings. The van der Waals surface area contributed by atoms with E-state index in [1.165, 1.54) is 12.1 Å². The van der Waals surface area contributed by atoms with Crippen molar-refractivity contribution in [3.05, 3.63) is 72.3 Å². The summed E-state index contributed by atoms with van der Waals surface area (Å²) in [4.78, 5) is -0.0735. The maximum atomic E-state index is 11.0. The van der Waals surface area contributed by atoms with E-state index in [-0.39, 0.29) is 9.79 Å². The van der Waals surface area contributed by atoms with Crippen molar-refractivity contribution in [2.24, 2.45) is 0 Å². The second-order valence-corrected chi connectivity index (χ2v) is 7.97. The average molecular weight is 380 g/mol. The SMILES string of the molecule is Cc1ccccc1S(=O)(=O)O.O=S(=O)(O)c1cccc2ccccc12. The van der Waals surface area contributed by atoms with Gasteiger partial charge in [0.2, 0.25) is 0 Å². The van der Waals surface area contributed by atoms with Gasteiger partial charge in [-0.2, -0.15) is 16.8 Å². The Morgan fingerprint density at radius 3 is 1.68 bits per heavy atom. The first-order valence-electron chi connectivity index (χ1n) is 7.09. The average Bonchev–Trinajstić information content (AvgIpc) is 2.53. The largest absolute Gasteiger partial charge is 0.295 e. The van der Waals surface area contributed by atoms with Crippen molar-refractivity contribution in [2.45, 2.75) is 16.7 Å². The van der Waals surface area contributed by atoms with E-state index in [0.29, 0.717) is 10.9 Å². The Balaban J connectivity index is 0.000000186. The molecular weight excluding hydrogens is 364 g/mol. The predicted octanol–water partition coefficient (Wildman–Crippen LogP) is 3.33. The normalized spacial score (nSPS) is 11.6. The molecule has 6 nitrogen and oxygen atoms in total. The van der Waals surface area contributed by atoms with Gasteiger partial charge in [0.1, 0.15) is 4.90 Å². The topological polar surface area (TPSA) is 109 Å². The van der Waals surface area contributed by atoms with E-state index in [4.69, 9.17) is 9.11 Å². The summed E-state index contributed by atoms with van der Waals surface area (Å²) < 4.78 is 60.8. The molecule has 3 rings (SSSR count). The van der Waals surface area contributed by atoms with Crippen LogP contribution in [0, 0.1) is 6.92 Å². The molecule has 0 unspecified atom stereocenters. The summed E-state index contributed by atoms with van der Waals surface area (Å²) in [5, 5.41) is 1.33. The van der Waals surface area contributed by atoms with E-state index in [1.807, 2.05) is 6.07 Å². The molecule has 0 aliphatic carbocycles. The summed E-state index contributed by atoms with van der Waals surface area (Å²) in [6.07, 6.45) is 0. The van der Waals surface area contributed by atoms with Gasteiger partial charge in [-0.25, -0.2) is 0 Å². The highest BCUT2D eigenvalue weighted by Crippen LogP contribution is 2.22. The van der Waals surface area contributed by atoms with E-state index in [9.17, 15) is 16.8 Å². The molecule has 132 valence electrons. The maximum absolute atomic E-state index is 11.0. The summed E-state index contributed by atoms with van der Waals surface area (Å²) in [5.41, 5.74) is 0.551. The summed E-state index contributed by atoms with van der Waals surface area (Å²) >= 11 is 0. The van der Waals surface area contributed by atoms with Crippen LogP contribution in [0.5, 0.6) is 0 Å². The van der Waals surface area contributed by atoms with Crippen LogP contribution in [0.3, 0.4) is 0 Å². The van der Waals surface area contributed by atoms with Crippen LogP contribution in [0.15, 0.2) is 76.5 Å². The Labute approximate surface area is 146 Å². The fraction of sp³-hybridized carbons (Fsp3) is 0.0588. The number of aryl methyl sites for hydroxylation is 1. The van der Waals surface area contributed by atoms with Gasteiger partial charge in [0.25, 0.3) is 20.2 Å². The van der Waals surface area contributed by atoms with Gasteiger partial charge in [0, 0.05) is 5.39 Å². The first-order valence-corrected chi connectivity index (χ1v) is 9.97. The molecule has 0 atom stereocenters. The quantitative estimate of drug-likeness (QED) is 0.660. The van der Waals surface area contributed by atoms with Gasteiger partial charge < -0.3 is 0 Å². The Morgan fingerprint density at radius 1 is 0.640 bits per heavy atom. The molecule has 2 N–H and O–H groups in total. The van der Waals surface area contributed by atoms with Crippen molar-refractivity contribution in [1.82, 2.24) is 0 Å². The third kappa shape index (κ3) is 4.86. The third-order valence-corrected chi connectivity index (χ3v) is 5.32. The molecule has 0 amide bonds. The highest BCUT2D eigenvalue weighted by molar-refractivity contribution is 7.86. The van der Waals surface area contributed by atoms with Gasteiger partial charge in [0.15, 0.2) is 0 Å². The van der Waals surface area contributed by atoms with Gasteiger partial charge in [-0.1, -0.05) is 54.6 Å². The van der Waals surface area contributed by atoms with E-state index in [0.717, 1.165) is 5.39 Å². The lowest BCUT2D eigenvalue weighted by molar-refractivity contribution is 0.481. The molecular formula is C17H16O6S2. The first kappa shape index (κ1) is 19.1. The highest BCUT2D eigenvalue weighted by atomic mass is 32.2. The predicted molar refractivity (Wildman–Crippen MR) is 94.8 cm³/mol. The molecule has 0 spiro atoms. The van der Waals surface area contributed by atoms with Crippen molar-refractivity contribution in [2.75, 3.05) is 0 Å². The number of rotatable bonds is 2. The zero-order valence-corrected chi connectivity index (χ0v) is 14.8. The Bertz CT molecular complexity index is 1100. The fourth-order valence-corrected chi connectivity index (χ4v) is 3.71. The molecule has 0 bridgehead atoms. The Morgan fingerprint density at radius 2 is 1.12 bits per heavy atom. The minimum absolute atomic E-state index is 0.0278. The van der Waals surface area contributed by atoms with Crippen molar-refractivity contribution in [1.29, 1.82) is 0 Å². The first-order chi connectivity index (χ1) is 11.6. The zero-order chi connectivity index (χ0) is 18.7. The van der Waals surface area contributed by atoms with Crippen molar-refractivity contribution >= 4 is 31.0 Å². The molecule has 0 saturated carbocycles. The summed E-state index contributed by atoms with van der Waals surface area (Å²) in [6, 6.07) is 18.1. The van der Waals surface area contributed by atoms with Crippen LogP contribution in [-0.4, -0.2) is 25.9 Å². The molecule has 25 heavy (non-hydrogen) atoms. The highest BCUT2D eigenvalue weighted by Gasteiger charge is 2.12. The lowest BCUT2D eigenvalue weighted by Gasteiger charge is -2.02.